The van der Waals surface area contributed by atoms with Gasteiger partial charge in [-0.3, -0.25) is 0 Å². The van der Waals surface area contributed by atoms with E-state index in [2.05, 4.69) is 19.2 Å². The van der Waals surface area contributed by atoms with Gasteiger partial charge in [0, 0.05) is 24.8 Å². The van der Waals surface area contributed by atoms with E-state index >= 15 is 0 Å². The van der Waals surface area contributed by atoms with E-state index in [1.54, 1.807) is 6.07 Å². The molecule has 0 amide bonds. The van der Waals surface area contributed by atoms with Crippen LogP contribution >= 0.6 is 0 Å². The van der Waals surface area contributed by atoms with E-state index in [1.165, 1.54) is 0 Å². The Bertz CT molecular complexity index is 443. The molecule has 1 atom stereocenters. The monoisotopic (exact) mass is 279 g/mol. The SMILES string of the molecule is CCC1(CC)CC(NCc2cc(C)ccc2F)CCO1. The molecule has 20 heavy (non-hydrogen) atoms. The summed E-state index contributed by atoms with van der Waals surface area (Å²) in [5.41, 5.74) is 1.88. The minimum atomic E-state index is -0.118. The molecule has 0 radical (unpaired) electrons. The summed E-state index contributed by atoms with van der Waals surface area (Å²) in [5.74, 6) is -0.118. The number of rotatable bonds is 5. The molecule has 2 nitrogen and oxygen atoms in total. The lowest BCUT2D eigenvalue weighted by Crippen LogP contribution is -2.46. The third kappa shape index (κ3) is 3.58. The molecule has 1 fully saturated rings. The Morgan fingerprint density at radius 1 is 1.35 bits per heavy atom. The summed E-state index contributed by atoms with van der Waals surface area (Å²) < 4.78 is 19.7. The van der Waals surface area contributed by atoms with Gasteiger partial charge in [0.1, 0.15) is 5.82 Å². The van der Waals surface area contributed by atoms with Crippen molar-refractivity contribution in [2.24, 2.45) is 0 Å². The summed E-state index contributed by atoms with van der Waals surface area (Å²) >= 11 is 0. The Kier molecular flexibility index (Phi) is 5.17. The number of hydrogen-bond acceptors (Lipinski definition) is 2. The van der Waals surface area contributed by atoms with Crippen LogP contribution in [-0.4, -0.2) is 18.2 Å². The van der Waals surface area contributed by atoms with E-state index in [0.29, 0.717) is 12.6 Å². The van der Waals surface area contributed by atoms with Gasteiger partial charge in [0.05, 0.1) is 5.60 Å². The van der Waals surface area contributed by atoms with Crippen molar-refractivity contribution in [3.8, 4) is 0 Å². The first-order chi connectivity index (χ1) is 9.58. The van der Waals surface area contributed by atoms with Crippen molar-refractivity contribution in [3.05, 3.63) is 35.1 Å². The Labute approximate surface area is 121 Å². The van der Waals surface area contributed by atoms with Crippen LogP contribution in [0.4, 0.5) is 4.39 Å². The molecule has 1 aliphatic rings. The molecule has 1 unspecified atom stereocenters. The molecule has 0 aromatic heterocycles. The summed E-state index contributed by atoms with van der Waals surface area (Å²) in [6.07, 6.45) is 4.11. The second-order valence-electron chi connectivity index (χ2n) is 5.90. The van der Waals surface area contributed by atoms with Crippen molar-refractivity contribution in [1.82, 2.24) is 5.32 Å². The molecule has 0 spiro atoms. The van der Waals surface area contributed by atoms with E-state index in [1.807, 2.05) is 19.1 Å². The van der Waals surface area contributed by atoms with Crippen LogP contribution in [0.1, 0.15) is 50.7 Å². The van der Waals surface area contributed by atoms with Crippen LogP contribution in [0.3, 0.4) is 0 Å². The van der Waals surface area contributed by atoms with Crippen molar-refractivity contribution >= 4 is 0 Å². The lowest BCUT2D eigenvalue weighted by Gasteiger charge is -2.40. The fraction of sp³-hybridized carbons (Fsp3) is 0.647. The molecule has 0 aliphatic carbocycles. The zero-order chi connectivity index (χ0) is 14.6. The maximum atomic E-state index is 13.7. The molecular weight excluding hydrogens is 253 g/mol. The molecule has 112 valence electrons. The van der Waals surface area contributed by atoms with Crippen LogP contribution in [0.25, 0.3) is 0 Å². The van der Waals surface area contributed by atoms with Crippen LogP contribution in [0, 0.1) is 12.7 Å². The zero-order valence-corrected chi connectivity index (χ0v) is 12.8. The summed E-state index contributed by atoms with van der Waals surface area (Å²) in [6, 6.07) is 5.71. The van der Waals surface area contributed by atoms with Crippen LogP contribution in [0.2, 0.25) is 0 Å². The van der Waals surface area contributed by atoms with Gasteiger partial charge in [0.25, 0.3) is 0 Å². The van der Waals surface area contributed by atoms with Crippen LogP contribution in [-0.2, 0) is 11.3 Å². The molecule has 1 aromatic rings. The average molecular weight is 279 g/mol. The molecule has 2 rings (SSSR count). The van der Waals surface area contributed by atoms with E-state index in [4.69, 9.17) is 4.74 Å². The van der Waals surface area contributed by atoms with Gasteiger partial charge in [-0.1, -0.05) is 31.5 Å². The van der Waals surface area contributed by atoms with Gasteiger partial charge in [0.2, 0.25) is 0 Å². The van der Waals surface area contributed by atoms with Gasteiger partial charge in [-0.25, -0.2) is 4.39 Å². The smallest absolute Gasteiger partial charge is 0.127 e. The van der Waals surface area contributed by atoms with E-state index in [0.717, 1.165) is 43.4 Å². The quantitative estimate of drug-likeness (QED) is 0.881. The molecule has 1 aromatic carbocycles. The molecule has 1 saturated heterocycles. The first-order valence-corrected chi connectivity index (χ1v) is 7.71. The second kappa shape index (κ2) is 6.68. The van der Waals surface area contributed by atoms with Gasteiger partial charge < -0.3 is 10.1 Å². The Hall–Kier alpha value is -0.930. The summed E-state index contributed by atoms with van der Waals surface area (Å²) in [7, 11) is 0. The largest absolute Gasteiger partial charge is 0.375 e. The standard InChI is InChI=1S/C17H26FNO/c1-4-17(5-2)11-15(8-9-20-17)19-12-14-10-13(3)6-7-16(14)18/h6-7,10,15,19H,4-5,8-9,11-12H2,1-3H3. The summed E-state index contributed by atoms with van der Waals surface area (Å²) in [4.78, 5) is 0. The van der Waals surface area contributed by atoms with E-state index in [9.17, 15) is 4.39 Å². The molecule has 0 saturated carbocycles. The van der Waals surface area contributed by atoms with E-state index < -0.39 is 0 Å². The number of aryl methyl sites for hydroxylation is 1. The lowest BCUT2D eigenvalue weighted by atomic mass is 9.86. The van der Waals surface area contributed by atoms with E-state index in [-0.39, 0.29) is 11.4 Å². The summed E-state index contributed by atoms with van der Waals surface area (Å²) in [6.45, 7) is 7.77. The van der Waals surface area contributed by atoms with Crippen molar-refractivity contribution in [2.45, 2.75) is 64.6 Å². The Balaban J connectivity index is 1.95. The predicted octanol–water partition coefficient (Wildman–Crippen LogP) is 3.96. The number of benzene rings is 1. The summed E-state index contributed by atoms with van der Waals surface area (Å²) in [5, 5.41) is 3.51. The van der Waals surface area contributed by atoms with Crippen LogP contribution in [0.15, 0.2) is 18.2 Å². The van der Waals surface area contributed by atoms with Gasteiger partial charge in [0.15, 0.2) is 0 Å². The number of nitrogens with one attached hydrogen (secondary N) is 1. The Morgan fingerprint density at radius 2 is 2.10 bits per heavy atom. The molecule has 1 N–H and O–H groups in total. The molecule has 0 bridgehead atoms. The topological polar surface area (TPSA) is 21.3 Å². The first-order valence-electron chi connectivity index (χ1n) is 7.71. The van der Waals surface area contributed by atoms with Gasteiger partial charge >= 0.3 is 0 Å². The first kappa shape index (κ1) is 15.5. The highest BCUT2D eigenvalue weighted by Gasteiger charge is 2.34. The zero-order valence-electron chi connectivity index (χ0n) is 12.8. The number of hydrogen-bond donors (Lipinski definition) is 1. The normalized spacial score (nSPS) is 21.9. The van der Waals surface area contributed by atoms with Crippen molar-refractivity contribution in [1.29, 1.82) is 0 Å². The molecular formula is C17H26FNO. The highest BCUT2D eigenvalue weighted by molar-refractivity contribution is 5.24. The number of ether oxygens (including phenoxy) is 1. The fourth-order valence-corrected chi connectivity index (χ4v) is 3.04. The second-order valence-corrected chi connectivity index (χ2v) is 5.90. The molecule has 1 aliphatic heterocycles. The Morgan fingerprint density at radius 3 is 2.80 bits per heavy atom. The highest BCUT2D eigenvalue weighted by Crippen LogP contribution is 2.31. The minimum absolute atomic E-state index is 0.0149. The van der Waals surface area contributed by atoms with Crippen molar-refractivity contribution in [2.75, 3.05) is 6.61 Å². The third-order valence-electron chi connectivity index (χ3n) is 4.56. The lowest BCUT2D eigenvalue weighted by molar-refractivity contribution is -0.0932. The molecule has 3 heteroatoms. The van der Waals surface area contributed by atoms with Crippen molar-refractivity contribution in [3.63, 3.8) is 0 Å². The van der Waals surface area contributed by atoms with Gasteiger partial charge in [-0.05, 0) is 38.7 Å². The third-order valence-corrected chi connectivity index (χ3v) is 4.56. The minimum Gasteiger partial charge on any atom is -0.375 e. The highest BCUT2D eigenvalue weighted by atomic mass is 19.1. The maximum Gasteiger partial charge on any atom is 0.127 e. The van der Waals surface area contributed by atoms with Gasteiger partial charge in [-0.15, -0.1) is 0 Å². The predicted molar refractivity (Wildman–Crippen MR) is 80.3 cm³/mol. The van der Waals surface area contributed by atoms with Crippen molar-refractivity contribution < 1.29 is 9.13 Å². The van der Waals surface area contributed by atoms with Crippen LogP contribution in [0.5, 0.6) is 0 Å². The average Bonchev–Trinajstić information content (AvgIpc) is 2.48. The van der Waals surface area contributed by atoms with Crippen LogP contribution < -0.4 is 5.32 Å². The maximum absolute atomic E-state index is 13.7. The fourth-order valence-electron chi connectivity index (χ4n) is 3.04. The number of halogens is 1. The van der Waals surface area contributed by atoms with Gasteiger partial charge in [-0.2, -0.15) is 0 Å². The molecule has 1 heterocycles.